The third-order valence-corrected chi connectivity index (χ3v) is 3.96. The summed E-state index contributed by atoms with van der Waals surface area (Å²) in [5, 5.41) is 1.87. The molecular weight excluding hydrogens is 302 g/mol. The van der Waals surface area contributed by atoms with Crippen molar-refractivity contribution in [3.05, 3.63) is 40.1 Å². The van der Waals surface area contributed by atoms with Crippen molar-refractivity contribution in [1.82, 2.24) is 0 Å². The molecule has 1 heterocycles. The van der Waals surface area contributed by atoms with Gasteiger partial charge in [0.15, 0.2) is 17.3 Å². The summed E-state index contributed by atoms with van der Waals surface area (Å²) < 4.78 is 15.7. The molecule has 0 unspecified atom stereocenters. The number of thiophene rings is 1. The van der Waals surface area contributed by atoms with Gasteiger partial charge in [0.25, 0.3) is 0 Å². The number of allylic oxidation sites excluding steroid dienone is 1. The molecule has 116 valence electrons. The minimum atomic E-state index is -0.174. The molecule has 0 radical (unpaired) electrons. The number of hydrogen-bond donors (Lipinski definition) is 1. The SMILES string of the molecule is COc1cc(C(=O)/C=C/c2sccc2N)cc(OC)c1OC. The van der Waals surface area contributed by atoms with Gasteiger partial charge in [-0.05, 0) is 35.7 Å². The average Bonchev–Trinajstić information content (AvgIpc) is 2.96. The molecule has 5 nitrogen and oxygen atoms in total. The summed E-state index contributed by atoms with van der Waals surface area (Å²) in [6, 6.07) is 5.03. The normalized spacial score (nSPS) is 10.7. The lowest BCUT2D eigenvalue weighted by Gasteiger charge is -2.13. The van der Waals surface area contributed by atoms with Crippen LogP contribution in [0.1, 0.15) is 15.2 Å². The molecule has 0 atom stereocenters. The number of benzene rings is 1. The summed E-state index contributed by atoms with van der Waals surface area (Å²) in [4.78, 5) is 13.2. The van der Waals surface area contributed by atoms with Gasteiger partial charge in [0, 0.05) is 11.3 Å². The van der Waals surface area contributed by atoms with Crippen LogP contribution in [0.4, 0.5) is 5.69 Å². The first-order chi connectivity index (χ1) is 10.6. The van der Waals surface area contributed by atoms with Crippen LogP contribution < -0.4 is 19.9 Å². The number of ether oxygens (including phenoxy) is 3. The number of methoxy groups -OCH3 is 3. The maximum Gasteiger partial charge on any atom is 0.203 e. The van der Waals surface area contributed by atoms with Crippen molar-refractivity contribution in [2.45, 2.75) is 0 Å². The summed E-state index contributed by atoms with van der Waals surface area (Å²) in [6.45, 7) is 0. The standard InChI is InChI=1S/C16H17NO4S/c1-19-13-8-10(9-14(20-2)16(13)21-3)12(18)4-5-15-11(17)6-7-22-15/h4-9H,17H2,1-3H3/b5-4+. The van der Waals surface area contributed by atoms with Gasteiger partial charge in [0.05, 0.1) is 26.2 Å². The smallest absolute Gasteiger partial charge is 0.203 e. The Morgan fingerprint density at radius 3 is 2.23 bits per heavy atom. The van der Waals surface area contributed by atoms with E-state index in [2.05, 4.69) is 0 Å². The van der Waals surface area contributed by atoms with E-state index in [1.807, 2.05) is 5.38 Å². The number of carbonyl (C=O) groups is 1. The van der Waals surface area contributed by atoms with E-state index >= 15 is 0 Å². The van der Waals surface area contributed by atoms with Gasteiger partial charge in [-0.15, -0.1) is 11.3 Å². The van der Waals surface area contributed by atoms with Crippen molar-refractivity contribution >= 4 is 28.9 Å². The van der Waals surface area contributed by atoms with Crippen LogP contribution in [0.15, 0.2) is 29.7 Å². The second-order valence-corrected chi connectivity index (χ2v) is 5.30. The van der Waals surface area contributed by atoms with Gasteiger partial charge >= 0.3 is 0 Å². The number of hydrogen-bond acceptors (Lipinski definition) is 6. The quantitative estimate of drug-likeness (QED) is 0.654. The lowest BCUT2D eigenvalue weighted by atomic mass is 10.1. The molecule has 0 bridgehead atoms. The number of rotatable bonds is 6. The number of nitrogens with two attached hydrogens (primary N) is 1. The first-order valence-corrected chi connectivity index (χ1v) is 7.34. The van der Waals surface area contributed by atoms with Crippen molar-refractivity contribution in [2.24, 2.45) is 0 Å². The van der Waals surface area contributed by atoms with Crippen LogP contribution in [0, 0.1) is 0 Å². The van der Waals surface area contributed by atoms with Crippen LogP contribution in [-0.4, -0.2) is 27.1 Å². The third-order valence-electron chi connectivity index (χ3n) is 3.06. The summed E-state index contributed by atoms with van der Waals surface area (Å²) in [5.74, 6) is 1.16. The van der Waals surface area contributed by atoms with E-state index in [4.69, 9.17) is 19.9 Å². The summed E-state index contributed by atoms with van der Waals surface area (Å²) >= 11 is 1.47. The lowest BCUT2D eigenvalue weighted by Crippen LogP contribution is -2.00. The highest BCUT2D eigenvalue weighted by atomic mass is 32.1. The molecule has 0 saturated heterocycles. The van der Waals surface area contributed by atoms with Gasteiger partial charge in [0.1, 0.15) is 0 Å². The zero-order valence-electron chi connectivity index (χ0n) is 12.6. The fourth-order valence-electron chi connectivity index (χ4n) is 1.94. The zero-order valence-corrected chi connectivity index (χ0v) is 13.4. The van der Waals surface area contributed by atoms with Crippen LogP contribution in [0.2, 0.25) is 0 Å². The van der Waals surface area contributed by atoms with Gasteiger partial charge < -0.3 is 19.9 Å². The summed E-state index contributed by atoms with van der Waals surface area (Å²) in [7, 11) is 4.53. The number of ketones is 1. The molecule has 0 saturated carbocycles. The highest BCUT2D eigenvalue weighted by molar-refractivity contribution is 7.11. The Kier molecular flexibility index (Phi) is 5.06. The predicted molar refractivity (Wildman–Crippen MR) is 88.2 cm³/mol. The van der Waals surface area contributed by atoms with Gasteiger partial charge in [-0.3, -0.25) is 4.79 Å². The Bertz CT molecular complexity index is 681. The number of anilines is 1. The third kappa shape index (κ3) is 3.23. The van der Waals surface area contributed by atoms with Crippen molar-refractivity contribution in [3.8, 4) is 17.2 Å². The molecule has 2 rings (SSSR count). The Morgan fingerprint density at radius 2 is 1.77 bits per heavy atom. The number of nitrogen functional groups attached to an aromatic ring is 1. The van der Waals surface area contributed by atoms with Crippen molar-refractivity contribution in [1.29, 1.82) is 0 Å². The van der Waals surface area contributed by atoms with E-state index < -0.39 is 0 Å². The monoisotopic (exact) mass is 319 g/mol. The summed E-state index contributed by atoms with van der Waals surface area (Å²) in [6.07, 6.45) is 3.18. The highest BCUT2D eigenvalue weighted by Gasteiger charge is 2.15. The molecule has 6 heteroatoms. The van der Waals surface area contributed by atoms with Crippen LogP contribution in [0.3, 0.4) is 0 Å². The van der Waals surface area contributed by atoms with E-state index in [0.717, 1.165) is 4.88 Å². The molecule has 0 aliphatic carbocycles. The lowest BCUT2D eigenvalue weighted by molar-refractivity contribution is 0.104. The second-order valence-electron chi connectivity index (χ2n) is 4.35. The fraction of sp³-hybridized carbons (Fsp3) is 0.188. The molecule has 0 aliphatic rings. The molecule has 0 fully saturated rings. The molecule has 0 amide bonds. The molecule has 1 aromatic carbocycles. The molecule has 2 aromatic rings. The largest absolute Gasteiger partial charge is 0.493 e. The molecule has 0 aliphatic heterocycles. The van der Waals surface area contributed by atoms with Crippen LogP contribution in [0.25, 0.3) is 6.08 Å². The van der Waals surface area contributed by atoms with E-state index in [-0.39, 0.29) is 5.78 Å². The molecule has 0 spiro atoms. The fourth-order valence-corrected chi connectivity index (χ4v) is 2.65. The second kappa shape index (κ2) is 7.00. The maximum absolute atomic E-state index is 12.3. The van der Waals surface area contributed by atoms with Crippen LogP contribution in [0.5, 0.6) is 17.2 Å². The molecule has 22 heavy (non-hydrogen) atoms. The predicted octanol–water partition coefficient (Wildman–Crippen LogP) is 3.25. The van der Waals surface area contributed by atoms with Crippen molar-refractivity contribution in [3.63, 3.8) is 0 Å². The van der Waals surface area contributed by atoms with E-state index in [1.54, 1.807) is 24.3 Å². The topological polar surface area (TPSA) is 70.8 Å². The first kappa shape index (κ1) is 15.9. The van der Waals surface area contributed by atoms with Crippen molar-refractivity contribution in [2.75, 3.05) is 27.1 Å². The van der Waals surface area contributed by atoms with Crippen molar-refractivity contribution < 1.29 is 19.0 Å². The van der Waals surface area contributed by atoms with E-state index in [9.17, 15) is 4.79 Å². The van der Waals surface area contributed by atoms with Gasteiger partial charge in [0.2, 0.25) is 5.75 Å². The molecular formula is C16H17NO4S. The zero-order chi connectivity index (χ0) is 16.1. The minimum Gasteiger partial charge on any atom is -0.493 e. The Balaban J connectivity index is 2.33. The Labute approximate surface area is 132 Å². The van der Waals surface area contributed by atoms with Gasteiger partial charge in [-0.2, -0.15) is 0 Å². The van der Waals surface area contributed by atoms with Crippen LogP contribution >= 0.6 is 11.3 Å². The Hall–Kier alpha value is -2.47. The molecule has 1 aromatic heterocycles. The van der Waals surface area contributed by atoms with E-state index in [0.29, 0.717) is 28.5 Å². The van der Waals surface area contributed by atoms with Crippen LogP contribution in [-0.2, 0) is 0 Å². The highest BCUT2D eigenvalue weighted by Crippen LogP contribution is 2.38. The van der Waals surface area contributed by atoms with Gasteiger partial charge in [-0.25, -0.2) is 0 Å². The minimum absolute atomic E-state index is 0.174. The average molecular weight is 319 g/mol. The maximum atomic E-state index is 12.3. The Morgan fingerprint density at radius 1 is 1.14 bits per heavy atom. The van der Waals surface area contributed by atoms with Gasteiger partial charge in [-0.1, -0.05) is 0 Å². The van der Waals surface area contributed by atoms with E-state index in [1.165, 1.54) is 38.7 Å². The first-order valence-electron chi connectivity index (χ1n) is 6.46. The molecule has 2 N–H and O–H groups in total. The number of carbonyl (C=O) groups excluding carboxylic acids is 1. The summed E-state index contributed by atoms with van der Waals surface area (Å²) in [5.41, 5.74) is 6.88.